The molecule has 1 N–H and O–H groups in total. The molecule has 0 saturated carbocycles. The van der Waals surface area contributed by atoms with Gasteiger partial charge in [-0.1, -0.05) is 6.07 Å². The molecule has 0 aliphatic heterocycles. The standard InChI is InChI=1S/C25H24N2O3S/c1-4-29-19-11-12-20(22(15-19)30-5-2)24(28)26-18-9-7-17(8-10-18)25-27-21-13-6-16(3)14-23(21)31-25/h6-15H,4-5H2,1-3H3,(H,26,28). The molecule has 4 rings (SSSR count). The fraction of sp³-hybridized carbons (Fsp3) is 0.200. The zero-order valence-corrected chi connectivity index (χ0v) is 18.6. The van der Waals surface area contributed by atoms with Crippen LogP contribution in [0.15, 0.2) is 60.7 Å². The predicted molar refractivity (Wildman–Crippen MR) is 127 cm³/mol. The number of amides is 1. The highest BCUT2D eigenvalue weighted by molar-refractivity contribution is 7.21. The van der Waals surface area contributed by atoms with Gasteiger partial charge in [-0.2, -0.15) is 0 Å². The number of thiazole rings is 1. The smallest absolute Gasteiger partial charge is 0.259 e. The first-order valence-corrected chi connectivity index (χ1v) is 11.1. The van der Waals surface area contributed by atoms with Gasteiger partial charge in [-0.05, 0) is 74.9 Å². The van der Waals surface area contributed by atoms with Crippen LogP contribution < -0.4 is 14.8 Å². The Kier molecular flexibility index (Phi) is 6.18. The summed E-state index contributed by atoms with van der Waals surface area (Å²) in [7, 11) is 0. The fourth-order valence-corrected chi connectivity index (χ4v) is 4.34. The van der Waals surface area contributed by atoms with Crippen LogP contribution >= 0.6 is 11.3 Å². The number of benzene rings is 3. The van der Waals surface area contributed by atoms with Crippen molar-refractivity contribution in [3.8, 4) is 22.1 Å². The number of aryl methyl sites for hydroxylation is 1. The van der Waals surface area contributed by atoms with Gasteiger partial charge in [0.25, 0.3) is 5.91 Å². The number of nitrogens with one attached hydrogen (secondary N) is 1. The molecule has 0 aliphatic rings. The van der Waals surface area contributed by atoms with Gasteiger partial charge in [-0.25, -0.2) is 4.98 Å². The number of carbonyl (C=O) groups is 1. The first kappa shape index (κ1) is 20.9. The summed E-state index contributed by atoms with van der Waals surface area (Å²) in [5, 5.41) is 3.91. The van der Waals surface area contributed by atoms with E-state index in [1.807, 2.05) is 44.2 Å². The molecule has 0 spiro atoms. The maximum absolute atomic E-state index is 12.8. The Morgan fingerprint density at radius 1 is 0.968 bits per heavy atom. The van der Waals surface area contributed by atoms with Crippen LogP contribution in [0, 0.1) is 6.92 Å². The summed E-state index contributed by atoms with van der Waals surface area (Å²) in [4.78, 5) is 17.6. The van der Waals surface area contributed by atoms with Gasteiger partial charge in [-0.15, -0.1) is 11.3 Å². The van der Waals surface area contributed by atoms with Gasteiger partial charge < -0.3 is 14.8 Å². The molecular formula is C25H24N2O3S. The molecule has 158 valence electrons. The first-order valence-electron chi connectivity index (χ1n) is 10.3. The lowest BCUT2D eigenvalue weighted by Crippen LogP contribution is -2.13. The molecule has 0 bridgehead atoms. The van der Waals surface area contributed by atoms with E-state index in [1.165, 1.54) is 10.3 Å². The third-order valence-corrected chi connectivity index (χ3v) is 5.81. The summed E-state index contributed by atoms with van der Waals surface area (Å²) in [5.41, 5.74) is 4.43. The van der Waals surface area contributed by atoms with Crippen molar-refractivity contribution in [2.75, 3.05) is 18.5 Å². The minimum absolute atomic E-state index is 0.227. The van der Waals surface area contributed by atoms with Crippen molar-refractivity contribution in [2.45, 2.75) is 20.8 Å². The number of hydrogen-bond acceptors (Lipinski definition) is 5. The second kappa shape index (κ2) is 9.18. The molecule has 1 amide bonds. The highest BCUT2D eigenvalue weighted by Gasteiger charge is 2.15. The number of carbonyl (C=O) groups excluding carboxylic acids is 1. The molecular weight excluding hydrogens is 408 g/mol. The second-order valence-corrected chi connectivity index (χ2v) is 8.08. The summed E-state index contributed by atoms with van der Waals surface area (Å²) in [6.45, 7) is 6.90. The van der Waals surface area contributed by atoms with E-state index < -0.39 is 0 Å². The average Bonchev–Trinajstić information content (AvgIpc) is 3.18. The lowest BCUT2D eigenvalue weighted by atomic mass is 10.1. The van der Waals surface area contributed by atoms with Crippen LogP contribution in [0.1, 0.15) is 29.8 Å². The molecule has 0 unspecified atom stereocenters. The van der Waals surface area contributed by atoms with E-state index in [0.29, 0.717) is 36.0 Å². The molecule has 0 atom stereocenters. The van der Waals surface area contributed by atoms with Crippen molar-refractivity contribution in [3.05, 3.63) is 71.8 Å². The van der Waals surface area contributed by atoms with Crippen LogP contribution in [0.5, 0.6) is 11.5 Å². The van der Waals surface area contributed by atoms with Gasteiger partial charge in [0.05, 0.1) is 29.0 Å². The van der Waals surface area contributed by atoms with Crippen molar-refractivity contribution < 1.29 is 14.3 Å². The molecule has 3 aromatic carbocycles. The molecule has 0 radical (unpaired) electrons. The zero-order valence-electron chi connectivity index (χ0n) is 17.8. The normalized spacial score (nSPS) is 10.8. The van der Waals surface area contributed by atoms with E-state index in [0.717, 1.165) is 16.1 Å². The summed E-state index contributed by atoms with van der Waals surface area (Å²) in [6.07, 6.45) is 0. The van der Waals surface area contributed by atoms with Crippen LogP contribution in [0.25, 0.3) is 20.8 Å². The van der Waals surface area contributed by atoms with Crippen molar-refractivity contribution in [1.29, 1.82) is 0 Å². The van der Waals surface area contributed by atoms with Gasteiger partial charge in [0.1, 0.15) is 16.5 Å². The van der Waals surface area contributed by atoms with Gasteiger partial charge >= 0.3 is 0 Å². The fourth-order valence-electron chi connectivity index (χ4n) is 3.27. The van der Waals surface area contributed by atoms with E-state index in [2.05, 4.69) is 24.4 Å². The maximum atomic E-state index is 12.8. The highest BCUT2D eigenvalue weighted by atomic mass is 32.1. The number of aromatic nitrogens is 1. The number of fused-ring (bicyclic) bond motifs is 1. The van der Waals surface area contributed by atoms with Gasteiger partial charge in [0.15, 0.2) is 0 Å². The topological polar surface area (TPSA) is 60.5 Å². The molecule has 1 aromatic heterocycles. The third kappa shape index (κ3) is 4.70. The largest absolute Gasteiger partial charge is 0.494 e. The molecule has 0 aliphatic carbocycles. The summed E-state index contributed by atoms with van der Waals surface area (Å²) in [5.74, 6) is 0.958. The molecule has 0 fully saturated rings. The Hall–Kier alpha value is -3.38. The van der Waals surface area contributed by atoms with Crippen molar-refractivity contribution in [2.24, 2.45) is 0 Å². The number of rotatable bonds is 7. The van der Waals surface area contributed by atoms with Gasteiger partial charge in [-0.3, -0.25) is 4.79 Å². The summed E-state index contributed by atoms with van der Waals surface area (Å²) >= 11 is 1.67. The minimum atomic E-state index is -0.227. The van der Waals surface area contributed by atoms with Crippen LogP contribution in [0.3, 0.4) is 0 Å². The zero-order chi connectivity index (χ0) is 21.8. The Morgan fingerprint density at radius 2 is 1.74 bits per heavy atom. The Bertz CT molecular complexity index is 1220. The predicted octanol–water partition coefficient (Wildman–Crippen LogP) is 6.32. The molecule has 5 nitrogen and oxygen atoms in total. The monoisotopic (exact) mass is 432 g/mol. The Balaban J connectivity index is 1.52. The van der Waals surface area contributed by atoms with Crippen LogP contribution in [-0.4, -0.2) is 24.1 Å². The van der Waals surface area contributed by atoms with E-state index in [-0.39, 0.29) is 5.91 Å². The van der Waals surface area contributed by atoms with E-state index in [4.69, 9.17) is 14.5 Å². The van der Waals surface area contributed by atoms with Crippen LogP contribution in [0.2, 0.25) is 0 Å². The number of ether oxygens (including phenoxy) is 2. The number of anilines is 1. The number of nitrogens with zero attached hydrogens (tertiary/aromatic N) is 1. The van der Waals surface area contributed by atoms with Crippen molar-refractivity contribution in [1.82, 2.24) is 4.98 Å². The average molecular weight is 433 g/mol. The second-order valence-electron chi connectivity index (χ2n) is 7.05. The Labute approximate surface area is 185 Å². The van der Waals surface area contributed by atoms with Gasteiger partial charge in [0, 0.05) is 17.3 Å². The van der Waals surface area contributed by atoms with E-state index in [1.54, 1.807) is 29.5 Å². The van der Waals surface area contributed by atoms with Crippen molar-refractivity contribution in [3.63, 3.8) is 0 Å². The summed E-state index contributed by atoms with van der Waals surface area (Å²) < 4.78 is 12.3. The van der Waals surface area contributed by atoms with E-state index in [9.17, 15) is 4.79 Å². The maximum Gasteiger partial charge on any atom is 0.259 e. The lowest BCUT2D eigenvalue weighted by Gasteiger charge is -2.13. The number of hydrogen-bond donors (Lipinski definition) is 1. The molecule has 0 saturated heterocycles. The molecule has 6 heteroatoms. The molecule has 1 heterocycles. The first-order chi connectivity index (χ1) is 15.1. The van der Waals surface area contributed by atoms with Crippen LogP contribution in [0.4, 0.5) is 5.69 Å². The van der Waals surface area contributed by atoms with Crippen molar-refractivity contribution >= 4 is 33.1 Å². The van der Waals surface area contributed by atoms with Crippen LogP contribution in [-0.2, 0) is 0 Å². The molecule has 31 heavy (non-hydrogen) atoms. The Morgan fingerprint density at radius 3 is 2.48 bits per heavy atom. The quantitative estimate of drug-likeness (QED) is 0.371. The highest BCUT2D eigenvalue weighted by Crippen LogP contribution is 2.32. The van der Waals surface area contributed by atoms with E-state index >= 15 is 0 Å². The third-order valence-electron chi connectivity index (χ3n) is 4.74. The molecule has 4 aromatic rings. The SMILES string of the molecule is CCOc1ccc(C(=O)Nc2ccc(-c3nc4ccc(C)cc4s3)cc2)c(OCC)c1. The van der Waals surface area contributed by atoms with Gasteiger partial charge in [0.2, 0.25) is 0 Å². The summed E-state index contributed by atoms with van der Waals surface area (Å²) in [6, 6.07) is 19.2. The lowest BCUT2D eigenvalue weighted by molar-refractivity contribution is 0.102. The minimum Gasteiger partial charge on any atom is -0.494 e.